The SMILES string of the molecule is CC(C(=O)NC(C)(C)C)N(Cc1ccc(Br)cc1)C(=O)CN(c1ccc(C(C)(C)C)cc1)S(C)(=O)=O. The molecule has 1 N–H and O–H groups in total. The van der Waals surface area contributed by atoms with E-state index in [-0.39, 0.29) is 17.9 Å². The molecule has 2 amide bonds. The van der Waals surface area contributed by atoms with Crippen molar-refractivity contribution in [3.8, 4) is 0 Å². The van der Waals surface area contributed by atoms with Crippen molar-refractivity contribution in [3.63, 3.8) is 0 Å². The van der Waals surface area contributed by atoms with Crippen LogP contribution in [0.2, 0.25) is 0 Å². The second-order valence-corrected chi connectivity index (χ2v) is 14.0. The monoisotopic (exact) mass is 579 g/mol. The molecule has 0 saturated heterocycles. The smallest absolute Gasteiger partial charge is 0.244 e. The maximum Gasteiger partial charge on any atom is 0.244 e. The van der Waals surface area contributed by atoms with E-state index in [9.17, 15) is 18.0 Å². The normalized spacial score (nSPS) is 13.1. The first-order valence-corrected chi connectivity index (χ1v) is 14.5. The van der Waals surface area contributed by atoms with E-state index in [1.807, 2.05) is 57.2 Å². The number of carbonyl (C=O) groups is 2. The Balaban J connectivity index is 2.41. The summed E-state index contributed by atoms with van der Waals surface area (Å²) in [7, 11) is -3.77. The van der Waals surface area contributed by atoms with E-state index in [2.05, 4.69) is 42.0 Å². The van der Waals surface area contributed by atoms with Gasteiger partial charge in [-0.1, -0.05) is 61.0 Å². The van der Waals surface area contributed by atoms with Crippen LogP contribution in [0, 0.1) is 0 Å². The highest BCUT2D eigenvalue weighted by Crippen LogP contribution is 2.26. The third kappa shape index (κ3) is 8.62. The highest BCUT2D eigenvalue weighted by atomic mass is 79.9. The largest absolute Gasteiger partial charge is 0.350 e. The van der Waals surface area contributed by atoms with Crippen molar-refractivity contribution < 1.29 is 18.0 Å². The van der Waals surface area contributed by atoms with E-state index in [4.69, 9.17) is 0 Å². The van der Waals surface area contributed by atoms with Crippen molar-refractivity contribution in [2.24, 2.45) is 0 Å². The Labute approximate surface area is 224 Å². The topological polar surface area (TPSA) is 86.8 Å². The summed E-state index contributed by atoms with van der Waals surface area (Å²) in [5.74, 6) is -0.784. The van der Waals surface area contributed by atoms with Gasteiger partial charge in [0.05, 0.1) is 11.9 Å². The van der Waals surface area contributed by atoms with Gasteiger partial charge in [0.2, 0.25) is 21.8 Å². The van der Waals surface area contributed by atoms with Crippen molar-refractivity contribution in [3.05, 3.63) is 64.1 Å². The lowest BCUT2D eigenvalue weighted by Gasteiger charge is -2.33. The van der Waals surface area contributed by atoms with Gasteiger partial charge >= 0.3 is 0 Å². The lowest BCUT2D eigenvalue weighted by molar-refractivity contribution is -0.140. The van der Waals surface area contributed by atoms with Gasteiger partial charge in [-0.15, -0.1) is 0 Å². The summed E-state index contributed by atoms with van der Waals surface area (Å²) >= 11 is 3.41. The summed E-state index contributed by atoms with van der Waals surface area (Å²) in [6, 6.07) is 13.8. The summed E-state index contributed by atoms with van der Waals surface area (Å²) in [5, 5.41) is 2.91. The number of amides is 2. The molecule has 1 unspecified atom stereocenters. The number of hydrogen-bond acceptors (Lipinski definition) is 4. The summed E-state index contributed by atoms with van der Waals surface area (Å²) in [6.07, 6.45) is 1.08. The van der Waals surface area contributed by atoms with Gasteiger partial charge in [-0.05, 0) is 68.5 Å². The van der Waals surface area contributed by atoms with Crippen molar-refractivity contribution in [1.29, 1.82) is 0 Å². The number of hydrogen-bond donors (Lipinski definition) is 1. The Bertz CT molecular complexity index is 1170. The van der Waals surface area contributed by atoms with Gasteiger partial charge in [0, 0.05) is 16.6 Å². The molecular formula is C27H38BrN3O4S. The zero-order chi connectivity index (χ0) is 27.5. The Morgan fingerprint density at radius 3 is 1.92 bits per heavy atom. The Kier molecular flexibility index (Phi) is 9.40. The molecule has 0 aliphatic heterocycles. The lowest BCUT2D eigenvalue weighted by Crippen LogP contribution is -2.54. The average Bonchev–Trinajstić information content (AvgIpc) is 2.74. The van der Waals surface area contributed by atoms with Crippen LogP contribution in [0.15, 0.2) is 53.0 Å². The van der Waals surface area contributed by atoms with E-state index < -0.39 is 34.1 Å². The number of nitrogens with zero attached hydrogens (tertiary/aromatic N) is 2. The molecule has 9 heteroatoms. The summed E-state index contributed by atoms with van der Waals surface area (Å²) in [5.41, 5.74) is 1.69. The molecule has 0 bridgehead atoms. The van der Waals surface area contributed by atoms with E-state index >= 15 is 0 Å². The molecule has 0 aliphatic rings. The summed E-state index contributed by atoms with van der Waals surface area (Å²) in [6.45, 7) is 13.2. The predicted molar refractivity (Wildman–Crippen MR) is 149 cm³/mol. The maximum atomic E-state index is 13.6. The third-order valence-electron chi connectivity index (χ3n) is 5.63. The van der Waals surface area contributed by atoms with E-state index in [1.54, 1.807) is 19.1 Å². The van der Waals surface area contributed by atoms with Gasteiger partial charge in [0.1, 0.15) is 12.6 Å². The number of carbonyl (C=O) groups excluding carboxylic acids is 2. The number of sulfonamides is 1. The fourth-order valence-electron chi connectivity index (χ4n) is 3.58. The molecule has 0 saturated carbocycles. The van der Waals surface area contributed by atoms with Crippen LogP contribution in [0.1, 0.15) is 59.6 Å². The van der Waals surface area contributed by atoms with Crippen LogP contribution in [-0.4, -0.2) is 49.5 Å². The van der Waals surface area contributed by atoms with Crippen molar-refractivity contribution in [2.75, 3.05) is 17.1 Å². The minimum atomic E-state index is -3.77. The fraction of sp³-hybridized carbons (Fsp3) is 0.481. The van der Waals surface area contributed by atoms with Crippen LogP contribution < -0.4 is 9.62 Å². The molecule has 198 valence electrons. The standard InChI is InChI=1S/C27H38BrN3O4S/c1-19(25(33)29-27(5,6)7)30(17-20-9-13-22(28)14-10-20)24(32)18-31(36(8,34)35)23-15-11-21(12-16-23)26(2,3)4/h9-16,19H,17-18H2,1-8H3,(H,29,33). The van der Waals surface area contributed by atoms with E-state index in [0.717, 1.165) is 26.2 Å². The summed E-state index contributed by atoms with van der Waals surface area (Å²) in [4.78, 5) is 28.0. The van der Waals surface area contributed by atoms with Crippen molar-refractivity contribution >= 4 is 43.5 Å². The van der Waals surface area contributed by atoms with Gasteiger partial charge in [-0.25, -0.2) is 8.42 Å². The molecule has 0 heterocycles. The fourth-order valence-corrected chi connectivity index (χ4v) is 4.70. The van der Waals surface area contributed by atoms with E-state index in [1.165, 1.54) is 4.90 Å². The zero-order valence-electron chi connectivity index (χ0n) is 22.4. The second kappa shape index (κ2) is 11.3. The second-order valence-electron chi connectivity index (χ2n) is 11.1. The number of nitrogens with one attached hydrogen (secondary N) is 1. The molecule has 2 rings (SSSR count). The summed E-state index contributed by atoms with van der Waals surface area (Å²) < 4.78 is 27.4. The van der Waals surface area contributed by atoms with Crippen LogP contribution in [0.25, 0.3) is 0 Å². The molecule has 2 aromatic rings. The molecule has 7 nitrogen and oxygen atoms in total. The van der Waals surface area contributed by atoms with Gasteiger partial charge in [-0.3, -0.25) is 13.9 Å². The molecular weight excluding hydrogens is 542 g/mol. The minimum Gasteiger partial charge on any atom is -0.350 e. The van der Waals surface area contributed by atoms with Gasteiger partial charge in [0.25, 0.3) is 0 Å². The minimum absolute atomic E-state index is 0.0956. The number of benzene rings is 2. The molecule has 0 aromatic heterocycles. The number of rotatable bonds is 8. The third-order valence-corrected chi connectivity index (χ3v) is 7.30. The van der Waals surface area contributed by atoms with Crippen molar-refractivity contribution in [1.82, 2.24) is 10.2 Å². The molecule has 1 atom stereocenters. The van der Waals surface area contributed by atoms with Crippen LogP contribution in [-0.2, 0) is 31.6 Å². The van der Waals surface area contributed by atoms with Crippen LogP contribution in [0.5, 0.6) is 0 Å². The van der Waals surface area contributed by atoms with Crippen LogP contribution in [0.3, 0.4) is 0 Å². The molecule has 0 radical (unpaired) electrons. The predicted octanol–water partition coefficient (Wildman–Crippen LogP) is 4.84. The highest BCUT2D eigenvalue weighted by Gasteiger charge is 2.31. The Hall–Kier alpha value is -2.39. The molecule has 2 aromatic carbocycles. The Morgan fingerprint density at radius 2 is 1.47 bits per heavy atom. The number of anilines is 1. The lowest BCUT2D eigenvalue weighted by atomic mass is 9.87. The van der Waals surface area contributed by atoms with Gasteiger partial charge in [0.15, 0.2) is 0 Å². The molecule has 0 fully saturated rings. The average molecular weight is 581 g/mol. The van der Waals surface area contributed by atoms with Gasteiger partial charge < -0.3 is 10.2 Å². The Morgan fingerprint density at radius 1 is 0.944 bits per heavy atom. The van der Waals surface area contributed by atoms with Gasteiger partial charge in [-0.2, -0.15) is 0 Å². The quantitative estimate of drug-likeness (QED) is 0.484. The first kappa shape index (κ1) is 29.8. The number of halogens is 1. The maximum absolute atomic E-state index is 13.6. The molecule has 0 aliphatic carbocycles. The first-order chi connectivity index (χ1) is 16.4. The van der Waals surface area contributed by atoms with Crippen LogP contribution >= 0.6 is 15.9 Å². The zero-order valence-corrected chi connectivity index (χ0v) is 24.8. The highest BCUT2D eigenvalue weighted by molar-refractivity contribution is 9.10. The first-order valence-electron chi connectivity index (χ1n) is 11.8. The van der Waals surface area contributed by atoms with E-state index in [0.29, 0.717) is 5.69 Å². The van der Waals surface area contributed by atoms with Crippen LogP contribution in [0.4, 0.5) is 5.69 Å². The molecule has 0 spiro atoms. The molecule has 36 heavy (non-hydrogen) atoms. The van der Waals surface area contributed by atoms with Crippen molar-refractivity contribution in [2.45, 2.75) is 72.0 Å².